The van der Waals surface area contributed by atoms with Gasteiger partial charge in [-0.25, -0.2) is 9.18 Å². The van der Waals surface area contributed by atoms with Crippen LogP contribution in [0.4, 0.5) is 9.18 Å². The van der Waals surface area contributed by atoms with Crippen LogP contribution in [0, 0.1) is 5.82 Å². The van der Waals surface area contributed by atoms with E-state index in [0.29, 0.717) is 13.0 Å². The van der Waals surface area contributed by atoms with Crippen molar-refractivity contribution in [3.8, 4) is 0 Å². The van der Waals surface area contributed by atoms with Crippen LogP contribution in [0.15, 0.2) is 24.3 Å². The van der Waals surface area contributed by atoms with Crippen molar-refractivity contribution in [3.05, 3.63) is 35.6 Å². The molecule has 0 radical (unpaired) electrons. The molecule has 0 aliphatic carbocycles. The number of likely N-dealkylation sites (N-methyl/N-ethyl adjacent to an activating group) is 1. The fourth-order valence-corrected chi connectivity index (χ4v) is 2.35. The van der Waals surface area contributed by atoms with E-state index in [2.05, 4.69) is 21.3 Å². The van der Waals surface area contributed by atoms with Crippen LogP contribution in [-0.4, -0.2) is 37.1 Å². The van der Waals surface area contributed by atoms with E-state index >= 15 is 0 Å². The normalized spacial score (nSPS) is 13.0. The van der Waals surface area contributed by atoms with Crippen LogP contribution in [0.25, 0.3) is 0 Å². The van der Waals surface area contributed by atoms with Crippen molar-refractivity contribution in [1.82, 2.24) is 21.3 Å². The van der Waals surface area contributed by atoms with Crippen molar-refractivity contribution in [1.29, 1.82) is 0 Å². The first-order chi connectivity index (χ1) is 12.0. The quantitative estimate of drug-likeness (QED) is 0.519. The first-order valence-electron chi connectivity index (χ1n) is 8.76. The third kappa shape index (κ3) is 8.49. The molecule has 0 fully saturated rings. The molecule has 1 rings (SSSR count). The van der Waals surface area contributed by atoms with Gasteiger partial charge in [0.25, 0.3) is 0 Å². The number of nitrogens with one attached hydrogen (secondary N) is 4. The van der Waals surface area contributed by atoms with Crippen LogP contribution in [-0.2, 0) is 11.3 Å². The van der Waals surface area contributed by atoms with Crippen LogP contribution >= 0.6 is 0 Å². The molecule has 0 bridgehead atoms. The lowest BCUT2D eigenvalue weighted by atomic mass is 10.1. The van der Waals surface area contributed by atoms with Crippen molar-refractivity contribution in [2.75, 3.05) is 13.1 Å². The van der Waals surface area contributed by atoms with Crippen LogP contribution < -0.4 is 21.3 Å². The van der Waals surface area contributed by atoms with Crippen LogP contribution in [0.5, 0.6) is 0 Å². The van der Waals surface area contributed by atoms with Crippen molar-refractivity contribution in [3.63, 3.8) is 0 Å². The van der Waals surface area contributed by atoms with Crippen molar-refractivity contribution in [2.24, 2.45) is 0 Å². The van der Waals surface area contributed by atoms with E-state index in [1.807, 2.05) is 20.8 Å². The predicted octanol–water partition coefficient (Wildman–Crippen LogP) is 1.91. The second kappa shape index (κ2) is 11.4. The highest BCUT2D eigenvalue weighted by Gasteiger charge is 2.19. The summed E-state index contributed by atoms with van der Waals surface area (Å²) >= 11 is 0. The third-order valence-corrected chi connectivity index (χ3v) is 3.70. The van der Waals surface area contributed by atoms with Gasteiger partial charge in [-0.3, -0.25) is 4.79 Å². The average molecular weight is 352 g/mol. The number of hydrogen-bond acceptors (Lipinski definition) is 3. The molecule has 0 aliphatic rings. The molecule has 2 atom stereocenters. The zero-order valence-corrected chi connectivity index (χ0v) is 15.2. The highest BCUT2D eigenvalue weighted by Crippen LogP contribution is 2.02. The molecule has 0 aliphatic heterocycles. The molecule has 3 amide bonds. The predicted molar refractivity (Wildman–Crippen MR) is 96.6 cm³/mol. The fraction of sp³-hybridized carbons (Fsp3) is 0.556. The largest absolute Gasteiger partial charge is 0.353 e. The molecule has 1 aromatic rings. The summed E-state index contributed by atoms with van der Waals surface area (Å²) < 4.78 is 12.9. The molecule has 0 heterocycles. The van der Waals surface area contributed by atoms with Crippen molar-refractivity contribution >= 4 is 11.9 Å². The lowest BCUT2D eigenvalue weighted by Crippen LogP contribution is -2.51. The minimum atomic E-state index is -0.577. The summed E-state index contributed by atoms with van der Waals surface area (Å²) in [6, 6.07) is 5.07. The molecular formula is C18H29FN4O2. The van der Waals surface area contributed by atoms with Gasteiger partial charge in [0.2, 0.25) is 5.91 Å². The maximum atomic E-state index is 12.9. The zero-order valence-electron chi connectivity index (χ0n) is 15.2. The Labute approximate surface area is 148 Å². The highest BCUT2D eigenvalue weighted by atomic mass is 19.1. The highest BCUT2D eigenvalue weighted by molar-refractivity contribution is 5.86. The van der Waals surface area contributed by atoms with Crippen molar-refractivity contribution < 1.29 is 14.0 Å². The minimum Gasteiger partial charge on any atom is -0.353 e. The maximum Gasteiger partial charge on any atom is 0.315 e. The van der Waals surface area contributed by atoms with Gasteiger partial charge < -0.3 is 21.3 Å². The summed E-state index contributed by atoms with van der Waals surface area (Å²) in [6.45, 7) is 7.56. The van der Waals surface area contributed by atoms with Crippen LogP contribution in [0.1, 0.15) is 39.2 Å². The van der Waals surface area contributed by atoms with Gasteiger partial charge in [-0.2, -0.15) is 0 Å². The number of rotatable bonds is 10. The molecule has 0 saturated heterocycles. The summed E-state index contributed by atoms with van der Waals surface area (Å²) in [7, 11) is 0. The van der Waals surface area contributed by atoms with E-state index in [4.69, 9.17) is 0 Å². The lowest BCUT2D eigenvalue weighted by molar-refractivity contribution is -0.123. The van der Waals surface area contributed by atoms with Crippen molar-refractivity contribution in [2.45, 2.75) is 52.2 Å². The van der Waals surface area contributed by atoms with E-state index in [1.54, 1.807) is 12.1 Å². The Morgan fingerprint density at radius 2 is 1.80 bits per heavy atom. The standard InChI is InChI=1S/C18H29FN4O2/c1-4-6-16(17(24)21-11-13(3)20-5-2)23-18(25)22-12-14-7-9-15(19)10-8-14/h7-10,13,16,20H,4-6,11-12H2,1-3H3,(H,21,24)(H2,22,23,25)/t13-,16?/m1/s1. The van der Waals surface area contributed by atoms with Gasteiger partial charge in [-0.15, -0.1) is 0 Å². The van der Waals surface area contributed by atoms with Gasteiger partial charge >= 0.3 is 6.03 Å². The number of amides is 3. The van der Waals surface area contributed by atoms with E-state index < -0.39 is 12.1 Å². The topological polar surface area (TPSA) is 82.3 Å². The second-order valence-corrected chi connectivity index (χ2v) is 6.00. The lowest BCUT2D eigenvalue weighted by Gasteiger charge is -2.20. The summed E-state index contributed by atoms with van der Waals surface area (Å²) in [5.41, 5.74) is 0.785. The molecular weight excluding hydrogens is 323 g/mol. The zero-order chi connectivity index (χ0) is 18.7. The number of carbonyl (C=O) groups excluding carboxylic acids is 2. The molecule has 25 heavy (non-hydrogen) atoms. The summed E-state index contributed by atoms with van der Waals surface area (Å²) in [4.78, 5) is 24.3. The van der Waals surface area contributed by atoms with E-state index in [0.717, 1.165) is 18.5 Å². The van der Waals surface area contributed by atoms with Gasteiger partial charge in [0.1, 0.15) is 11.9 Å². The fourth-order valence-electron chi connectivity index (χ4n) is 2.35. The molecule has 1 unspecified atom stereocenters. The summed E-state index contributed by atoms with van der Waals surface area (Å²) in [5, 5.41) is 11.4. The minimum absolute atomic E-state index is 0.170. The van der Waals surface area contributed by atoms with Gasteiger partial charge in [0, 0.05) is 19.1 Å². The third-order valence-electron chi connectivity index (χ3n) is 3.70. The molecule has 1 aromatic carbocycles. The van der Waals surface area contributed by atoms with E-state index in [-0.39, 0.29) is 24.3 Å². The molecule has 4 N–H and O–H groups in total. The number of urea groups is 1. The molecule has 140 valence electrons. The Kier molecular flexibility index (Phi) is 9.54. The van der Waals surface area contributed by atoms with Gasteiger partial charge in [-0.1, -0.05) is 32.4 Å². The Bertz CT molecular complexity index is 536. The number of carbonyl (C=O) groups is 2. The van der Waals surface area contributed by atoms with Gasteiger partial charge in [0.05, 0.1) is 0 Å². The smallest absolute Gasteiger partial charge is 0.315 e. The summed E-state index contributed by atoms with van der Waals surface area (Å²) in [6.07, 6.45) is 1.34. The van der Waals surface area contributed by atoms with Crippen LogP contribution in [0.3, 0.4) is 0 Å². The van der Waals surface area contributed by atoms with Crippen LogP contribution in [0.2, 0.25) is 0 Å². The first-order valence-corrected chi connectivity index (χ1v) is 8.76. The first kappa shape index (κ1) is 20.9. The second-order valence-electron chi connectivity index (χ2n) is 6.00. The molecule has 0 saturated carbocycles. The molecule has 7 heteroatoms. The average Bonchev–Trinajstić information content (AvgIpc) is 2.59. The molecule has 0 aromatic heterocycles. The number of hydrogen-bond donors (Lipinski definition) is 4. The van der Waals surface area contributed by atoms with Gasteiger partial charge in [0.15, 0.2) is 0 Å². The number of halogens is 1. The molecule has 0 spiro atoms. The Hall–Kier alpha value is -2.15. The summed E-state index contributed by atoms with van der Waals surface area (Å²) in [5.74, 6) is -0.511. The van der Waals surface area contributed by atoms with E-state index in [1.165, 1.54) is 12.1 Å². The molecule has 6 nitrogen and oxygen atoms in total. The van der Waals surface area contributed by atoms with Gasteiger partial charge in [-0.05, 0) is 37.6 Å². The Morgan fingerprint density at radius 3 is 2.40 bits per heavy atom. The monoisotopic (exact) mass is 352 g/mol. The number of benzene rings is 1. The Balaban J connectivity index is 2.45. The maximum absolute atomic E-state index is 12.9. The van der Waals surface area contributed by atoms with E-state index in [9.17, 15) is 14.0 Å². The SMILES string of the molecule is CCCC(NC(=O)NCc1ccc(F)cc1)C(=O)NC[C@@H](C)NCC. The Morgan fingerprint density at radius 1 is 1.12 bits per heavy atom.